The molecule has 240 valence electrons. The van der Waals surface area contributed by atoms with Gasteiger partial charge in [0.05, 0.1) is 29.8 Å². The van der Waals surface area contributed by atoms with Gasteiger partial charge in [-0.15, -0.1) is 0 Å². The molecule has 1 aliphatic heterocycles. The number of esters is 1. The molecule has 3 aromatic carbocycles. The van der Waals surface area contributed by atoms with E-state index in [0.29, 0.717) is 36.5 Å². The van der Waals surface area contributed by atoms with Gasteiger partial charge < -0.3 is 24.5 Å². The summed E-state index contributed by atoms with van der Waals surface area (Å²) >= 11 is 0. The summed E-state index contributed by atoms with van der Waals surface area (Å²) in [5.41, 5.74) is 2.27. The van der Waals surface area contributed by atoms with Crippen LogP contribution in [0.5, 0.6) is 0 Å². The number of carbonyl (C=O) groups excluding carboxylic acids is 1. The number of hydrogen-bond donors (Lipinski definition) is 3. The lowest BCUT2D eigenvalue weighted by Crippen LogP contribution is -2.42. The number of ether oxygens (including phenoxy) is 2. The van der Waals surface area contributed by atoms with Crippen LogP contribution >= 0.6 is 0 Å². The van der Waals surface area contributed by atoms with E-state index in [9.17, 15) is 18.3 Å². The number of hydrogen-bond acceptors (Lipinski definition) is 8. The second-order valence-electron chi connectivity index (χ2n) is 11.9. The Hall–Kier alpha value is -3.74. The first kappa shape index (κ1) is 32.6. The number of fused-ring (bicyclic) bond motifs is 1. The number of aliphatic hydroxyl groups is 1. The van der Waals surface area contributed by atoms with E-state index >= 15 is 0 Å². The largest absolute Gasteiger partial charge is 0.461 e. The molecule has 4 aromatic rings. The molecule has 1 fully saturated rings. The summed E-state index contributed by atoms with van der Waals surface area (Å²) in [6, 6.07) is 22.6. The molecule has 0 saturated carbocycles. The quantitative estimate of drug-likeness (QED) is 0.174. The fourth-order valence-corrected chi connectivity index (χ4v) is 6.37. The van der Waals surface area contributed by atoms with Crippen LogP contribution in [-0.4, -0.2) is 80.5 Å². The minimum Gasteiger partial charge on any atom is -0.461 e. The Kier molecular flexibility index (Phi) is 10.6. The van der Waals surface area contributed by atoms with Gasteiger partial charge in [-0.05, 0) is 74.4 Å². The van der Waals surface area contributed by atoms with E-state index in [1.54, 1.807) is 42.5 Å². The van der Waals surface area contributed by atoms with E-state index < -0.39 is 16.1 Å². The van der Waals surface area contributed by atoms with Crippen molar-refractivity contribution in [3.63, 3.8) is 0 Å². The Morgan fingerprint density at radius 2 is 1.78 bits per heavy atom. The predicted molar refractivity (Wildman–Crippen MR) is 175 cm³/mol. The third-order valence-corrected chi connectivity index (χ3v) is 9.48. The number of benzene rings is 3. The predicted octanol–water partition coefficient (Wildman–Crippen LogP) is 4.42. The fraction of sp³-hybridized carbons (Fsp3) is 0.382. The number of nitrogens with zero attached hydrogens (tertiary/aromatic N) is 2. The zero-order valence-electron chi connectivity index (χ0n) is 25.8. The van der Waals surface area contributed by atoms with Gasteiger partial charge in [-0.3, -0.25) is 9.62 Å². The van der Waals surface area contributed by atoms with Crippen molar-refractivity contribution in [2.75, 3.05) is 50.7 Å². The maximum absolute atomic E-state index is 12.7. The SMILES string of the molecule is CC(C)(CCn1ccc2cc(C(=O)OCCN3CCOCC3)ccc21)NC[C@H](O)c1cccc(NS(=O)(=O)c2ccccc2)c1. The molecule has 1 aromatic heterocycles. The Balaban J connectivity index is 1.11. The van der Waals surface area contributed by atoms with Crippen LogP contribution in [0.15, 0.2) is 90.0 Å². The first-order valence-corrected chi connectivity index (χ1v) is 16.8. The van der Waals surface area contributed by atoms with E-state index in [0.717, 1.165) is 50.2 Å². The van der Waals surface area contributed by atoms with Gasteiger partial charge in [0.25, 0.3) is 10.0 Å². The minimum absolute atomic E-state index is 0.174. The van der Waals surface area contributed by atoms with Gasteiger partial charge >= 0.3 is 5.97 Å². The van der Waals surface area contributed by atoms with E-state index in [1.807, 2.05) is 30.5 Å². The second kappa shape index (κ2) is 14.6. The molecule has 0 radical (unpaired) electrons. The van der Waals surface area contributed by atoms with Gasteiger partial charge in [0.2, 0.25) is 0 Å². The molecule has 45 heavy (non-hydrogen) atoms. The number of aryl methyl sites for hydroxylation is 1. The molecule has 0 spiro atoms. The van der Waals surface area contributed by atoms with Crippen molar-refractivity contribution >= 4 is 32.6 Å². The van der Waals surface area contributed by atoms with Crippen LogP contribution in [0.4, 0.5) is 5.69 Å². The summed E-state index contributed by atoms with van der Waals surface area (Å²) in [5, 5.41) is 15.3. The molecule has 0 unspecified atom stereocenters. The number of rotatable bonds is 14. The van der Waals surface area contributed by atoms with Gasteiger partial charge in [-0.25, -0.2) is 13.2 Å². The van der Waals surface area contributed by atoms with Gasteiger partial charge in [0.15, 0.2) is 0 Å². The molecule has 1 aliphatic rings. The van der Waals surface area contributed by atoms with E-state index in [4.69, 9.17) is 9.47 Å². The van der Waals surface area contributed by atoms with Crippen molar-refractivity contribution in [2.24, 2.45) is 0 Å². The maximum atomic E-state index is 12.7. The Labute approximate surface area is 265 Å². The lowest BCUT2D eigenvalue weighted by molar-refractivity contribution is 0.0195. The summed E-state index contributed by atoms with van der Waals surface area (Å²) in [4.78, 5) is 15.0. The second-order valence-corrected chi connectivity index (χ2v) is 13.6. The third-order valence-electron chi connectivity index (χ3n) is 8.08. The highest BCUT2D eigenvalue weighted by Crippen LogP contribution is 2.23. The number of sulfonamides is 1. The first-order chi connectivity index (χ1) is 21.6. The van der Waals surface area contributed by atoms with Gasteiger partial charge in [-0.1, -0.05) is 30.3 Å². The Bertz CT molecular complexity index is 1680. The molecule has 1 atom stereocenters. The molecule has 0 amide bonds. The molecule has 5 rings (SSSR count). The summed E-state index contributed by atoms with van der Waals surface area (Å²) in [7, 11) is -3.73. The third kappa shape index (κ3) is 8.93. The van der Waals surface area contributed by atoms with Gasteiger partial charge in [0, 0.05) is 61.0 Å². The van der Waals surface area contributed by atoms with Crippen LogP contribution in [0.25, 0.3) is 10.9 Å². The van der Waals surface area contributed by atoms with Crippen LogP contribution in [0.2, 0.25) is 0 Å². The smallest absolute Gasteiger partial charge is 0.338 e. The highest BCUT2D eigenvalue weighted by Gasteiger charge is 2.21. The zero-order chi connectivity index (χ0) is 31.9. The Morgan fingerprint density at radius 3 is 2.56 bits per heavy atom. The highest BCUT2D eigenvalue weighted by molar-refractivity contribution is 7.92. The number of anilines is 1. The lowest BCUT2D eigenvalue weighted by atomic mass is 9.99. The zero-order valence-corrected chi connectivity index (χ0v) is 26.6. The van der Waals surface area contributed by atoms with Gasteiger partial charge in [-0.2, -0.15) is 0 Å². The van der Waals surface area contributed by atoms with Crippen molar-refractivity contribution in [3.8, 4) is 0 Å². The average Bonchev–Trinajstić information content (AvgIpc) is 3.46. The molecule has 1 saturated heterocycles. The topological polar surface area (TPSA) is 122 Å². The van der Waals surface area contributed by atoms with Crippen LogP contribution in [0.3, 0.4) is 0 Å². The number of aliphatic hydroxyl groups excluding tert-OH is 1. The standard InChI is InChI=1S/C34H42N4O6S/c1-34(2,35-25-32(39)27-7-6-8-29(24-27)36-45(41,42)30-9-4-3-5-10-30)14-16-38-15-13-26-23-28(11-12-31(26)38)33(40)44-22-19-37-17-20-43-21-18-37/h3-13,15,23-24,32,35-36,39H,14,16-22,25H2,1-2H3/t32-/m0/s1. The van der Waals surface area contributed by atoms with Crippen molar-refractivity contribution in [3.05, 3.63) is 96.2 Å². The molecule has 3 N–H and O–H groups in total. The molecular formula is C34H42N4O6S. The van der Waals surface area contributed by atoms with Crippen molar-refractivity contribution < 1.29 is 27.8 Å². The van der Waals surface area contributed by atoms with Gasteiger partial charge in [0.1, 0.15) is 6.61 Å². The maximum Gasteiger partial charge on any atom is 0.338 e. The molecule has 0 aliphatic carbocycles. The monoisotopic (exact) mass is 634 g/mol. The summed E-state index contributed by atoms with van der Waals surface area (Å²) in [6.07, 6.45) is 1.97. The molecule has 0 bridgehead atoms. The van der Waals surface area contributed by atoms with Crippen molar-refractivity contribution in [2.45, 2.75) is 43.4 Å². The molecule has 2 heterocycles. The normalized spacial score (nSPS) is 15.2. The summed E-state index contributed by atoms with van der Waals surface area (Å²) < 4.78 is 41.0. The van der Waals surface area contributed by atoms with Crippen LogP contribution in [-0.2, 0) is 26.0 Å². The average molecular weight is 635 g/mol. The van der Waals surface area contributed by atoms with Crippen molar-refractivity contribution in [1.29, 1.82) is 0 Å². The van der Waals surface area contributed by atoms with E-state index in [1.165, 1.54) is 12.1 Å². The minimum atomic E-state index is -3.73. The number of carbonyl (C=O) groups is 1. The van der Waals surface area contributed by atoms with Crippen LogP contribution in [0.1, 0.15) is 42.3 Å². The number of nitrogens with one attached hydrogen (secondary N) is 2. The molecular weight excluding hydrogens is 592 g/mol. The number of aromatic nitrogens is 1. The van der Waals surface area contributed by atoms with Crippen LogP contribution in [0, 0.1) is 0 Å². The fourth-order valence-electron chi connectivity index (χ4n) is 5.30. The van der Waals surface area contributed by atoms with Crippen molar-refractivity contribution in [1.82, 2.24) is 14.8 Å². The van der Waals surface area contributed by atoms with E-state index in [2.05, 4.69) is 33.4 Å². The molecule has 11 heteroatoms. The summed E-state index contributed by atoms with van der Waals surface area (Å²) in [6.45, 7) is 9.42. The number of β-amino-alcohol motifs (C(OH)–C–C–N with tert-alkyl or cyclic N) is 1. The summed E-state index contributed by atoms with van der Waals surface area (Å²) in [5.74, 6) is -0.319. The molecule has 10 nitrogen and oxygen atoms in total. The highest BCUT2D eigenvalue weighted by atomic mass is 32.2. The first-order valence-electron chi connectivity index (χ1n) is 15.3. The van der Waals surface area contributed by atoms with E-state index in [-0.39, 0.29) is 16.4 Å². The van der Waals surface area contributed by atoms with Crippen LogP contribution < -0.4 is 10.0 Å². The Morgan fingerprint density at radius 1 is 1.00 bits per heavy atom. The number of morpholine rings is 1. The lowest BCUT2D eigenvalue weighted by Gasteiger charge is -2.28.